The Morgan fingerprint density at radius 2 is 1.52 bits per heavy atom. The van der Waals surface area contributed by atoms with Gasteiger partial charge in [-0.15, -0.1) is 11.3 Å². The van der Waals surface area contributed by atoms with E-state index in [0.717, 1.165) is 16.0 Å². The van der Waals surface area contributed by atoms with Gasteiger partial charge in [-0.25, -0.2) is 18.6 Å². The van der Waals surface area contributed by atoms with Crippen molar-refractivity contribution in [2.45, 2.75) is 13.0 Å². The van der Waals surface area contributed by atoms with E-state index in [1.54, 1.807) is 30.5 Å². The van der Waals surface area contributed by atoms with Crippen molar-refractivity contribution in [3.8, 4) is 0 Å². The number of halogens is 2. The van der Waals surface area contributed by atoms with Crippen molar-refractivity contribution in [3.63, 3.8) is 0 Å². The summed E-state index contributed by atoms with van der Waals surface area (Å²) in [6.07, 6.45) is 2.23. The van der Waals surface area contributed by atoms with E-state index in [1.807, 2.05) is 0 Å². The fourth-order valence-electron chi connectivity index (χ4n) is 2.42. The third kappa shape index (κ3) is 6.65. The molecule has 0 spiro atoms. The largest absolute Gasteiger partial charge is 0.334 e. The number of hydrogen-bond acceptors (Lipinski definition) is 4. The molecule has 3 rings (SSSR count). The Hall–Kier alpha value is -3.33. The second kappa shape index (κ2) is 9.74. The van der Waals surface area contributed by atoms with Crippen LogP contribution in [0.1, 0.15) is 16.0 Å². The maximum Gasteiger partial charge on any atom is 0.315 e. The van der Waals surface area contributed by atoms with Crippen LogP contribution in [0.25, 0.3) is 0 Å². The van der Waals surface area contributed by atoms with E-state index in [1.165, 1.54) is 35.6 Å². The fraction of sp³-hybridized carbons (Fsp3) is 0.150. The van der Waals surface area contributed by atoms with Crippen molar-refractivity contribution in [2.75, 3.05) is 11.9 Å². The molecule has 1 heterocycles. The molecular formula is C20H18F2N4O2S. The number of rotatable bonds is 7. The van der Waals surface area contributed by atoms with Gasteiger partial charge in [-0.2, -0.15) is 0 Å². The monoisotopic (exact) mass is 416 g/mol. The summed E-state index contributed by atoms with van der Waals surface area (Å²) in [5, 5.41) is 8.06. The molecule has 9 heteroatoms. The molecule has 0 aliphatic heterocycles. The highest BCUT2D eigenvalue weighted by Gasteiger charge is 2.09. The molecule has 0 saturated heterocycles. The van der Waals surface area contributed by atoms with Gasteiger partial charge in [-0.3, -0.25) is 4.79 Å². The Kier molecular flexibility index (Phi) is 6.85. The van der Waals surface area contributed by atoms with Crippen molar-refractivity contribution in [2.24, 2.45) is 0 Å². The maximum atomic E-state index is 12.9. The molecule has 0 fully saturated rings. The average Bonchev–Trinajstić information content (AvgIpc) is 3.14. The Labute approximate surface area is 170 Å². The quantitative estimate of drug-likeness (QED) is 0.552. The predicted molar refractivity (Wildman–Crippen MR) is 107 cm³/mol. The van der Waals surface area contributed by atoms with Crippen molar-refractivity contribution >= 4 is 28.4 Å². The van der Waals surface area contributed by atoms with Crippen LogP contribution < -0.4 is 16.0 Å². The van der Waals surface area contributed by atoms with E-state index in [4.69, 9.17) is 0 Å². The van der Waals surface area contributed by atoms with Crippen molar-refractivity contribution in [1.29, 1.82) is 0 Å². The van der Waals surface area contributed by atoms with Gasteiger partial charge in [0.2, 0.25) is 5.91 Å². The molecule has 0 aliphatic carbocycles. The number of urea groups is 1. The molecule has 0 radical (unpaired) electrons. The van der Waals surface area contributed by atoms with Gasteiger partial charge in [0.1, 0.15) is 11.6 Å². The number of hydrogen-bond donors (Lipinski definition) is 3. The molecule has 29 heavy (non-hydrogen) atoms. The number of nitrogens with one attached hydrogen (secondary N) is 3. The van der Waals surface area contributed by atoms with Crippen LogP contribution in [0, 0.1) is 11.6 Å². The Morgan fingerprint density at radius 1 is 0.897 bits per heavy atom. The zero-order chi connectivity index (χ0) is 20.6. The first-order valence-corrected chi connectivity index (χ1v) is 9.55. The summed E-state index contributed by atoms with van der Waals surface area (Å²) in [5.74, 6) is -1.05. The highest BCUT2D eigenvalue weighted by atomic mass is 32.1. The zero-order valence-corrected chi connectivity index (χ0v) is 16.1. The molecule has 6 nitrogen and oxygen atoms in total. The third-order valence-electron chi connectivity index (χ3n) is 3.87. The smallest absolute Gasteiger partial charge is 0.315 e. The van der Waals surface area contributed by atoms with E-state index in [-0.39, 0.29) is 24.7 Å². The van der Waals surface area contributed by atoms with Crippen LogP contribution in [-0.2, 0) is 17.8 Å². The molecule has 0 saturated carbocycles. The molecule has 0 unspecified atom stereocenters. The Bertz CT molecular complexity index is 975. The number of thiazole rings is 1. The third-order valence-corrected chi connectivity index (χ3v) is 4.78. The predicted octanol–water partition coefficient (Wildman–Crippen LogP) is 3.45. The van der Waals surface area contributed by atoms with E-state index < -0.39 is 11.9 Å². The topological polar surface area (TPSA) is 83.1 Å². The van der Waals surface area contributed by atoms with Gasteiger partial charge in [0.15, 0.2) is 5.13 Å². The van der Waals surface area contributed by atoms with Crippen LogP contribution in [0.15, 0.2) is 54.7 Å². The molecule has 3 N–H and O–H groups in total. The minimum Gasteiger partial charge on any atom is -0.334 e. The summed E-state index contributed by atoms with van der Waals surface area (Å²) in [4.78, 5) is 28.8. The average molecular weight is 416 g/mol. The molecule has 0 bridgehead atoms. The van der Waals surface area contributed by atoms with Gasteiger partial charge >= 0.3 is 6.03 Å². The second-order valence-electron chi connectivity index (χ2n) is 6.15. The first kappa shape index (κ1) is 20.4. The van der Waals surface area contributed by atoms with Gasteiger partial charge in [0, 0.05) is 24.0 Å². The van der Waals surface area contributed by atoms with Crippen LogP contribution in [0.5, 0.6) is 0 Å². The first-order valence-electron chi connectivity index (χ1n) is 8.73. The molecule has 0 aliphatic rings. The highest BCUT2D eigenvalue weighted by Crippen LogP contribution is 2.21. The zero-order valence-electron chi connectivity index (χ0n) is 15.2. The van der Waals surface area contributed by atoms with Crippen LogP contribution >= 0.6 is 11.3 Å². The lowest BCUT2D eigenvalue weighted by molar-refractivity contribution is -0.115. The van der Waals surface area contributed by atoms with Gasteiger partial charge in [0.05, 0.1) is 6.54 Å². The van der Waals surface area contributed by atoms with Crippen LogP contribution in [0.2, 0.25) is 0 Å². The molecule has 2 aromatic carbocycles. The molecule has 1 aromatic heterocycles. The number of carbonyl (C=O) groups excluding carboxylic acids is 2. The van der Waals surface area contributed by atoms with E-state index in [0.29, 0.717) is 11.6 Å². The summed E-state index contributed by atoms with van der Waals surface area (Å²) < 4.78 is 25.8. The summed E-state index contributed by atoms with van der Waals surface area (Å²) >= 11 is 1.31. The Balaban J connectivity index is 1.40. The molecule has 0 atom stereocenters. The van der Waals surface area contributed by atoms with Gasteiger partial charge < -0.3 is 16.0 Å². The van der Waals surface area contributed by atoms with Gasteiger partial charge in [-0.1, -0.05) is 24.3 Å². The van der Waals surface area contributed by atoms with Gasteiger partial charge in [0.25, 0.3) is 0 Å². The maximum absolute atomic E-state index is 12.9. The van der Waals surface area contributed by atoms with E-state index in [9.17, 15) is 18.4 Å². The SMILES string of the molecule is O=C(CNC(=O)NCc1ccc(F)cc1)Nc1ncc(Cc2ccc(F)cc2)s1. The van der Waals surface area contributed by atoms with E-state index >= 15 is 0 Å². The second-order valence-corrected chi connectivity index (χ2v) is 7.26. The van der Waals surface area contributed by atoms with Gasteiger partial charge in [-0.05, 0) is 35.4 Å². The molecule has 150 valence electrons. The number of nitrogens with zero attached hydrogens (tertiary/aromatic N) is 1. The standard InChI is InChI=1S/C20H18F2N4O2S/c21-15-5-1-13(2-6-15)9-17-11-25-20(29-17)26-18(27)12-24-19(28)23-10-14-3-7-16(22)8-4-14/h1-8,11H,9-10,12H2,(H2,23,24,28)(H,25,26,27). The minimum atomic E-state index is -0.513. The summed E-state index contributed by atoms with van der Waals surface area (Å²) in [7, 11) is 0. The number of carbonyl (C=O) groups is 2. The lowest BCUT2D eigenvalue weighted by atomic mass is 10.1. The van der Waals surface area contributed by atoms with Crippen LogP contribution in [-0.4, -0.2) is 23.5 Å². The molecular weight excluding hydrogens is 398 g/mol. The summed E-state index contributed by atoms with van der Waals surface area (Å²) in [6.45, 7) is -0.00488. The fourth-order valence-corrected chi connectivity index (χ4v) is 3.28. The van der Waals surface area contributed by atoms with Crippen LogP contribution in [0.3, 0.4) is 0 Å². The lowest BCUT2D eigenvalue weighted by Gasteiger charge is -2.07. The van der Waals surface area contributed by atoms with E-state index in [2.05, 4.69) is 20.9 Å². The summed E-state index contributed by atoms with van der Waals surface area (Å²) in [6, 6.07) is 11.4. The van der Waals surface area contributed by atoms with Crippen LogP contribution in [0.4, 0.5) is 18.7 Å². The minimum absolute atomic E-state index is 0.215. The number of amides is 3. The van der Waals surface area contributed by atoms with Crippen molar-refractivity contribution in [3.05, 3.63) is 82.4 Å². The lowest BCUT2D eigenvalue weighted by Crippen LogP contribution is -2.39. The van der Waals surface area contributed by atoms with Crippen molar-refractivity contribution in [1.82, 2.24) is 15.6 Å². The Morgan fingerprint density at radius 3 is 2.17 bits per heavy atom. The molecule has 3 amide bonds. The molecule has 3 aromatic rings. The highest BCUT2D eigenvalue weighted by molar-refractivity contribution is 7.15. The number of anilines is 1. The number of benzene rings is 2. The van der Waals surface area contributed by atoms with Crippen molar-refractivity contribution < 1.29 is 18.4 Å². The first-order chi connectivity index (χ1) is 14.0. The normalized spacial score (nSPS) is 10.4. The number of aromatic nitrogens is 1. The summed E-state index contributed by atoms with van der Waals surface area (Å²) in [5.41, 5.74) is 1.68.